The Labute approximate surface area is 181 Å². The summed E-state index contributed by atoms with van der Waals surface area (Å²) in [6.07, 6.45) is 0. The van der Waals surface area contributed by atoms with Gasteiger partial charge in [0.05, 0.1) is 21.9 Å². The number of aryl methyl sites for hydroxylation is 1. The first kappa shape index (κ1) is 20.2. The van der Waals surface area contributed by atoms with Gasteiger partial charge in [-0.05, 0) is 44.4 Å². The summed E-state index contributed by atoms with van der Waals surface area (Å²) < 4.78 is 5.31. The largest absolute Gasteiger partial charge is 0.451 e. The molecule has 0 atom stereocenters. The molecule has 1 aliphatic rings. The number of thiophene rings is 1. The van der Waals surface area contributed by atoms with E-state index in [1.165, 1.54) is 27.6 Å². The minimum atomic E-state index is -1.12. The van der Waals surface area contributed by atoms with E-state index in [2.05, 4.69) is 10.3 Å². The fraction of sp³-hybridized carbons (Fsp3) is 0.238. The second-order valence-corrected chi connectivity index (χ2v) is 9.19. The maximum absolute atomic E-state index is 13.0. The molecule has 0 radical (unpaired) electrons. The molecular formula is C21H19N3O4S2. The molecule has 2 aromatic heterocycles. The van der Waals surface area contributed by atoms with Gasteiger partial charge < -0.3 is 10.1 Å². The number of anilines is 2. The number of aromatic nitrogens is 1. The normalized spacial score (nSPS) is 14.8. The molecule has 1 aromatic carbocycles. The van der Waals surface area contributed by atoms with E-state index < -0.39 is 24.0 Å². The van der Waals surface area contributed by atoms with E-state index in [0.717, 1.165) is 9.88 Å². The van der Waals surface area contributed by atoms with Crippen LogP contribution in [0.25, 0.3) is 9.88 Å². The first-order valence-electron chi connectivity index (χ1n) is 9.21. The number of fused-ring (bicyclic) bond motifs is 1. The number of amides is 2. The van der Waals surface area contributed by atoms with Gasteiger partial charge in [0.25, 0.3) is 5.91 Å². The number of rotatable bonds is 4. The Morgan fingerprint density at radius 2 is 1.97 bits per heavy atom. The van der Waals surface area contributed by atoms with Crippen molar-refractivity contribution in [1.82, 2.24) is 4.98 Å². The van der Waals surface area contributed by atoms with Crippen LogP contribution in [-0.4, -0.2) is 34.9 Å². The van der Waals surface area contributed by atoms with Gasteiger partial charge in [-0.2, -0.15) is 0 Å². The van der Waals surface area contributed by atoms with E-state index >= 15 is 0 Å². The Hall–Kier alpha value is -3.04. The zero-order valence-corrected chi connectivity index (χ0v) is 18.2. The molecular weight excluding hydrogens is 422 g/mol. The van der Waals surface area contributed by atoms with Crippen molar-refractivity contribution in [1.29, 1.82) is 0 Å². The van der Waals surface area contributed by atoms with Gasteiger partial charge in [0.2, 0.25) is 5.91 Å². The van der Waals surface area contributed by atoms with Crippen molar-refractivity contribution < 1.29 is 19.1 Å². The number of ether oxygens (including phenoxy) is 1. The van der Waals surface area contributed by atoms with Crippen LogP contribution in [0.15, 0.2) is 41.8 Å². The van der Waals surface area contributed by atoms with Crippen molar-refractivity contribution in [2.24, 2.45) is 0 Å². The molecule has 0 bridgehead atoms. The molecule has 2 amide bonds. The van der Waals surface area contributed by atoms with Crippen molar-refractivity contribution in [2.45, 2.75) is 26.3 Å². The molecule has 0 saturated carbocycles. The van der Waals surface area contributed by atoms with Crippen LogP contribution in [0.5, 0.6) is 0 Å². The van der Waals surface area contributed by atoms with E-state index in [1.54, 1.807) is 45.0 Å². The molecule has 154 valence electrons. The molecule has 7 nitrogen and oxygen atoms in total. The minimum absolute atomic E-state index is 0.306. The summed E-state index contributed by atoms with van der Waals surface area (Å²) in [6, 6.07) is 10.9. The smallest absolute Gasteiger partial charge is 0.350 e. The summed E-state index contributed by atoms with van der Waals surface area (Å²) in [5.41, 5.74) is 0.547. The van der Waals surface area contributed by atoms with Gasteiger partial charge >= 0.3 is 5.97 Å². The predicted molar refractivity (Wildman–Crippen MR) is 117 cm³/mol. The topological polar surface area (TPSA) is 88.6 Å². The number of hydrogen-bond acceptors (Lipinski definition) is 7. The predicted octanol–water partition coefficient (Wildman–Crippen LogP) is 4.10. The maximum atomic E-state index is 13.0. The highest BCUT2D eigenvalue weighted by molar-refractivity contribution is 7.22. The van der Waals surface area contributed by atoms with E-state index in [9.17, 15) is 14.4 Å². The fourth-order valence-corrected chi connectivity index (χ4v) is 5.00. The van der Waals surface area contributed by atoms with Crippen LogP contribution in [0.3, 0.4) is 0 Å². The van der Waals surface area contributed by atoms with Crippen LogP contribution in [0, 0.1) is 6.92 Å². The zero-order chi connectivity index (χ0) is 21.5. The highest BCUT2D eigenvalue weighted by Crippen LogP contribution is 2.37. The van der Waals surface area contributed by atoms with E-state index in [-0.39, 0.29) is 5.91 Å². The molecule has 1 N–H and O–H groups in total. The van der Waals surface area contributed by atoms with Gasteiger partial charge in [-0.3, -0.25) is 14.5 Å². The summed E-state index contributed by atoms with van der Waals surface area (Å²) in [4.78, 5) is 45.2. The van der Waals surface area contributed by atoms with Gasteiger partial charge in [-0.1, -0.05) is 18.2 Å². The SMILES string of the molecule is Cc1nc(-c2cccs2)sc1C(=O)OCC(=O)N1c2ccccc2NC(=O)C1(C)C. The molecule has 30 heavy (non-hydrogen) atoms. The third-order valence-electron chi connectivity index (χ3n) is 4.80. The van der Waals surface area contributed by atoms with E-state index in [1.807, 2.05) is 17.5 Å². The second kappa shape index (κ2) is 7.66. The number of hydrogen-bond donors (Lipinski definition) is 1. The number of benzene rings is 1. The van der Waals surface area contributed by atoms with Crippen LogP contribution in [0.2, 0.25) is 0 Å². The van der Waals surface area contributed by atoms with E-state index in [4.69, 9.17) is 4.74 Å². The van der Waals surface area contributed by atoms with Crippen molar-refractivity contribution in [3.8, 4) is 9.88 Å². The van der Waals surface area contributed by atoms with Crippen LogP contribution < -0.4 is 10.2 Å². The number of nitrogens with zero attached hydrogens (tertiary/aromatic N) is 2. The van der Waals surface area contributed by atoms with Gasteiger partial charge in [-0.15, -0.1) is 22.7 Å². The molecule has 0 saturated heterocycles. The van der Waals surface area contributed by atoms with E-state index in [0.29, 0.717) is 21.9 Å². The van der Waals surface area contributed by atoms with Gasteiger partial charge in [0.15, 0.2) is 6.61 Å². The number of para-hydroxylation sites is 2. The molecule has 0 spiro atoms. The maximum Gasteiger partial charge on any atom is 0.350 e. The van der Waals surface area contributed by atoms with Crippen molar-refractivity contribution >= 4 is 51.8 Å². The Balaban J connectivity index is 1.52. The number of carbonyl (C=O) groups is 3. The summed E-state index contributed by atoms with van der Waals surface area (Å²) in [5, 5.41) is 5.48. The lowest BCUT2D eigenvalue weighted by Gasteiger charge is -2.41. The standard InChI is InChI=1S/C21H19N3O4S2/c1-12-17(30-18(22-12)15-9-6-10-29-15)19(26)28-11-16(25)24-14-8-5-4-7-13(14)23-20(27)21(24,2)3/h4-10H,11H2,1-3H3,(H,23,27). The van der Waals surface area contributed by atoms with Crippen molar-refractivity contribution in [3.05, 3.63) is 52.3 Å². The Kier molecular flexibility index (Phi) is 5.17. The van der Waals surface area contributed by atoms with Crippen molar-refractivity contribution in [2.75, 3.05) is 16.8 Å². The van der Waals surface area contributed by atoms with Crippen LogP contribution in [0.1, 0.15) is 29.2 Å². The molecule has 1 aliphatic heterocycles. The van der Waals surface area contributed by atoms with Gasteiger partial charge in [0, 0.05) is 0 Å². The Morgan fingerprint density at radius 1 is 1.20 bits per heavy atom. The molecule has 3 heterocycles. The first-order valence-corrected chi connectivity index (χ1v) is 10.9. The average Bonchev–Trinajstić information content (AvgIpc) is 3.36. The van der Waals surface area contributed by atoms with Gasteiger partial charge in [-0.25, -0.2) is 9.78 Å². The van der Waals surface area contributed by atoms with Gasteiger partial charge in [0.1, 0.15) is 15.4 Å². The number of esters is 1. The van der Waals surface area contributed by atoms with Crippen LogP contribution in [0.4, 0.5) is 11.4 Å². The summed E-state index contributed by atoms with van der Waals surface area (Å²) in [5.74, 6) is -1.38. The van der Waals surface area contributed by atoms with Crippen LogP contribution >= 0.6 is 22.7 Å². The molecule has 0 fully saturated rings. The number of carbonyl (C=O) groups excluding carboxylic acids is 3. The quantitative estimate of drug-likeness (QED) is 0.616. The number of thiazole rings is 1. The Bertz CT molecular complexity index is 1140. The minimum Gasteiger partial charge on any atom is -0.451 e. The lowest BCUT2D eigenvalue weighted by Crippen LogP contribution is -2.59. The van der Waals surface area contributed by atoms with Crippen molar-refractivity contribution in [3.63, 3.8) is 0 Å². The highest BCUT2D eigenvalue weighted by Gasteiger charge is 2.43. The summed E-state index contributed by atoms with van der Waals surface area (Å²) in [6.45, 7) is 4.56. The molecule has 0 unspecified atom stereocenters. The third kappa shape index (κ3) is 3.50. The average molecular weight is 442 g/mol. The molecule has 9 heteroatoms. The molecule has 4 rings (SSSR count). The highest BCUT2D eigenvalue weighted by atomic mass is 32.1. The summed E-state index contributed by atoms with van der Waals surface area (Å²) >= 11 is 2.77. The lowest BCUT2D eigenvalue weighted by molar-refractivity contribution is -0.128. The number of nitrogens with one attached hydrogen (secondary N) is 1. The first-order chi connectivity index (χ1) is 14.3. The fourth-order valence-electron chi connectivity index (χ4n) is 3.25. The second-order valence-electron chi connectivity index (χ2n) is 7.25. The van der Waals surface area contributed by atoms with Crippen LogP contribution in [-0.2, 0) is 14.3 Å². The summed E-state index contributed by atoms with van der Waals surface area (Å²) in [7, 11) is 0. The Morgan fingerprint density at radius 3 is 2.70 bits per heavy atom. The zero-order valence-electron chi connectivity index (χ0n) is 16.6. The molecule has 0 aliphatic carbocycles. The molecule has 3 aromatic rings. The third-order valence-corrected chi connectivity index (χ3v) is 6.97. The monoisotopic (exact) mass is 441 g/mol. The lowest BCUT2D eigenvalue weighted by atomic mass is 9.96.